The van der Waals surface area contributed by atoms with E-state index in [0.29, 0.717) is 18.0 Å². The van der Waals surface area contributed by atoms with E-state index >= 15 is 0 Å². The third kappa shape index (κ3) is 3.80. The number of halogens is 1. The molecule has 0 amide bonds. The highest BCUT2D eigenvalue weighted by atomic mass is 79.9. The molecule has 0 aliphatic rings. The van der Waals surface area contributed by atoms with Crippen molar-refractivity contribution in [1.29, 1.82) is 0 Å². The first-order chi connectivity index (χ1) is 8.49. The molecule has 0 aliphatic heterocycles. The van der Waals surface area contributed by atoms with Crippen molar-refractivity contribution in [1.82, 2.24) is 15.1 Å². The summed E-state index contributed by atoms with van der Waals surface area (Å²) in [7, 11) is 1.72. The second-order valence-electron chi connectivity index (χ2n) is 4.94. The Balaban J connectivity index is 2.76. The maximum absolute atomic E-state index is 5.06. The van der Waals surface area contributed by atoms with Crippen molar-refractivity contribution in [2.24, 2.45) is 0 Å². The molecule has 0 fully saturated rings. The van der Waals surface area contributed by atoms with Crippen molar-refractivity contribution in [3.05, 3.63) is 16.4 Å². The lowest BCUT2D eigenvalue weighted by Gasteiger charge is -2.24. The number of nitrogens with one attached hydrogen (secondary N) is 1. The highest BCUT2D eigenvalue weighted by Crippen LogP contribution is 2.29. The van der Waals surface area contributed by atoms with Gasteiger partial charge in [-0.2, -0.15) is 5.10 Å². The Labute approximate surface area is 118 Å². The Morgan fingerprint density at radius 3 is 2.61 bits per heavy atom. The fourth-order valence-corrected chi connectivity index (χ4v) is 2.62. The molecule has 0 spiro atoms. The van der Waals surface area contributed by atoms with Crippen molar-refractivity contribution < 1.29 is 4.74 Å². The van der Waals surface area contributed by atoms with Gasteiger partial charge >= 0.3 is 0 Å². The second-order valence-corrected chi connectivity index (χ2v) is 5.79. The zero-order valence-corrected chi connectivity index (χ0v) is 13.5. The molecule has 104 valence electrons. The number of ether oxygens (including phenoxy) is 1. The maximum Gasteiger partial charge on any atom is 0.0635 e. The van der Waals surface area contributed by atoms with Crippen LogP contribution < -0.4 is 5.32 Å². The third-order valence-electron chi connectivity index (χ3n) is 3.23. The summed E-state index contributed by atoms with van der Waals surface area (Å²) < 4.78 is 8.23. The van der Waals surface area contributed by atoms with Gasteiger partial charge in [0.05, 0.1) is 23.0 Å². The molecular weight excluding hydrogens is 294 g/mol. The van der Waals surface area contributed by atoms with E-state index in [0.717, 1.165) is 17.6 Å². The van der Waals surface area contributed by atoms with Crippen LogP contribution in [0.5, 0.6) is 0 Å². The fraction of sp³-hybridized carbons (Fsp3) is 0.769. The first kappa shape index (κ1) is 15.7. The molecule has 2 atom stereocenters. The van der Waals surface area contributed by atoms with Crippen molar-refractivity contribution in [3.8, 4) is 0 Å². The van der Waals surface area contributed by atoms with Gasteiger partial charge in [-0.1, -0.05) is 6.92 Å². The van der Waals surface area contributed by atoms with Gasteiger partial charge in [0.2, 0.25) is 0 Å². The van der Waals surface area contributed by atoms with E-state index in [2.05, 4.69) is 58.7 Å². The molecule has 0 saturated carbocycles. The molecule has 1 heterocycles. The first-order valence-corrected chi connectivity index (χ1v) is 7.23. The van der Waals surface area contributed by atoms with Crippen LogP contribution in [-0.2, 0) is 4.74 Å². The monoisotopic (exact) mass is 317 g/mol. The van der Waals surface area contributed by atoms with Crippen LogP contribution in [0.4, 0.5) is 0 Å². The third-order valence-corrected chi connectivity index (χ3v) is 3.84. The number of methoxy groups -OCH3 is 1. The minimum atomic E-state index is 0.375. The number of hydrogen-bond acceptors (Lipinski definition) is 3. The van der Waals surface area contributed by atoms with Gasteiger partial charge in [0, 0.05) is 31.7 Å². The molecule has 0 bridgehead atoms. The highest BCUT2D eigenvalue weighted by molar-refractivity contribution is 9.10. The van der Waals surface area contributed by atoms with Crippen LogP contribution in [0.3, 0.4) is 0 Å². The van der Waals surface area contributed by atoms with Gasteiger partial charge in [0.25, 0.3) is 0 Å². The van der Waals surface area contributed by atoms with Crippen molar-refractivity contribution >= 4 is 15.9 Å². The standard InChI is InChI=1S/C13H24BrN3O/c1-9(2)17-13(12(14)8-16-17)10(3)11(4)15-6-7-18-5/h8-11,15H,6-7H2,1-5H3. The van der Waals surface area contributed by atoms with Crippen LogP contribution >= 0.6 is 15.9 Å². The van der Waals surface area contributed by atoms with Gasteiger partial charge in [-0.25, -0.2) is 0 Å². The fourth-order valence-electron chi connectivity index (χ4n) is 1.99. The molecule has 18 heavy (non-hydrogen) atoms. The average molecular weight is 318 g/mol. The molecular formula is C13H24BrN3O. The summed E-state index contributed by atoms with van der Waals surface area (Å²) in [4.78, 5) is 0. The van der Waals surface area contributed by atoms with E-state index in [1.165, 1.54) is 5.69 Å². The van der Waals surface area contributed by atoms with Gasteiger partial charge in [-0.15, -0.1) is 0 Å². The summed E-state index contributed by atoms with van der Waals surface area (Å²) >= 11 is 3.60. The van der Waals surface area contributed by atoms with Gasteiger partial charge in [-0.3, -0.25) is 4.68 Å². The van der Waals surface area contributed by atoms with Crippen molar-refractivity contribution in [2.75, 3.05) is 20.3 Å². The Bertz CT molecular complexity index is 365. The molecule has 1 aromatic rings. The van der Waals surface area contributed by atoms with Gasteiger partial charge in [0.1, 0.15) is 0 Å². The summed E-state index contributed by atoms with van der Waals surface area (Å²) in [6.45, 7) is 10.3. The summed E-state index contributed by atoms with van der Waals surface area (Å²) in [5.74, 6) is 0.390. The Kier molecular flexibility index (Phi) is 6.32. The van der Waals surface area contributed by atoms with Crippen LogP contribution in [-0.4, -0.2) is 36.1 Å². The normalized spacial score (nSPS) is 15.1. The quantitative estimate of drug-likeness (QED) is 0.786. The Morgan fingerprint density at radius 2 is 2.06 bits per heavy atom. The second kappa shape index (κ2) is 7.26. The first-order valence-electron chi connectivity index (χ1n) is 6.44. The smallest absolute Gasteiger partial charge is 0.0635 e. The Morgan fingerprint density at radius 1 is 1.39 bits per heavy atom. The minimum Gasteiger partial charge on any atom is -0.383 e. The van der Waals surface area contributed by atoms with Crippen molar-refractivity contribution in [3.63, 3.8) is 0 Å². The maximum atomic E-state index is 5.06. The molecule has 1 rings (SSSR count). The number of nitrogens with zero attached hydrogens (tertiary/aromatic N) is 2. The topological polar surface area (TPSA) is 39.1 Å². The SMILES string of the molecule is COCCNC(C)C(C)c1c(Br)cnn1C(C)C. The number of hydrogen-bond donors (Lipinski definition) is 1. The lowest BCUT2D eigenvalue weighted by molar-refractivity contribution is 0.194. The van der Waals surface area contributed by atoms with Crippen LogP contribution in [0.25, 0.3) is 0 Å². The van der Waals surface area contributed by atoms with E-state index < -0.39 is 0 Å². The lowest BCUT2D eigenvalue weighted by atomic mass is 9.99. The largest absolute Gasteiger partial charge is 0.383 e. The van der Waals surface area contributed by atoms with Crippen LogP contribution in [0.1, 0.15) is 45.3 Å². The molecule has 0 saturated heterocycles. The van der Waals surface area contributed by atoms with Gasteiger partial charge < -0.3 is 10.1 Å². The molecule has 4 nitrogen and oxygen atoms in total. The highest BCUT2D eigenvalue weighted by Gasteiger charge is 2.22. The summed E-state index contributed by atoms with van der Waals surface area (Å²) in [5, 5.41) is 7.91. The average Bonchev–Trinajstić information content (AvgIpc) is 2.70. The van der Waals surface area contributed by atoms with Crippen LogP contribution in [0.15, 0.2) is 10.7 Å². The van der Waals surface area contributed by atoms with Gasteiger partial charge in [0.15, 0.2) is 0 Å². The van der Waals surface area contributed by atoms with E-state index in [-0.39, 0.29) is 0 Å². The predicted octanol–water partition coefficient (Wildman–Crippen LogP) is 2.95. The molecule has 5 heteroatoms. The summed E-state index contributed by atoms with van der Waals surface area (Å²) in [6, 6.07) is 0.755. The number of aromatic nitrogens is 2. The van der Waals surface area contributed by atoms with Crippen LogP contribution in [0.2, 0.25) is 0 Å². The zero-order valence-electron chi connectivity index (χ0n) is 11.9. The number of rotatable bonds is 7. The van der Waals surface area contributed by atoms with E-state index in [1.54, 1.807) is 7.11 Å². The molecule has 2 unspecified atom stereocenters. The molecule has 0 aliphatic carbocycles. The van der Waals surface area contributed by atoms with Crippen LogP contribution in [0, 0.1) is 0 Å². The van der Waals surface area contributed by atoms with E-state index in [9.17, 15) is 0 Å². The zero-order chi connectivity index (χ0) is 13.7. The van der Waals surface area contributed by atoms with E-state index in [1.807, 2.05) is 6.20 Å². The minimum absolute atomic E-state index is 0.375. The molecule has 1 N–H and O–H groups in total. The van der Waals surface area contributed by atoms with E-state index in [4.69, 9.17) is 4.74 Å². The summed E-state index contributed by atoms with van der Waals surface area (Å²) in [5.41, 5.74) is 1.25. The van der Waals surface area contributed by atoms with Gasteiger partial charge in [-0.05, 0) is 36.7 Å². The molecule has 0 aromatic carbocycles. The Hall–Kier alpha value is -0.390. The predicted molar refractivity (Wildman–Crippen MR) is 78.1 cm³/mol. The van der Waals surface area contributed by atoms with Crippen molar-refractivity contribution in [2.45, 2.75) is 45.7 Å². The summed E-state index contributed by atoms with van der Waals surface area (Å²) in [6.07, 6.45) is 1.88. The molecule has 1 aromatic heterocycles. The lowest BCUT2D eigenvalue weighted by Crippen LogP contribution is -2.34. The molecule has 0 radical (unpaired) electrons.